The molecule has 0 saturated carbocycles. The first-order chi connectivity index (χ1) is 10.4. The lowest BCUT2D eigenvalue weighted by molar-refractivity contribution is 0.0374. The number of anilines is 1. The number of ether oxygens (including phenoxy) is 1. The number of nitrogens with zero attached hydrogens (tertiary/aromatic N) is 1. The van der Waals surface area contributed by atoms with Gasteiger partial charge in [0.2, 0.25) is 0 Å². The van der Waals surface area contributed by atoms with E-state index in [1.54, 1.807) is 0 Å². The van der Waals surface area contributed by atoms with E-state index in [-0.39, 0.29) is 0 Å². The zero-order chi connectivity index (χ0) is 14.3. The summed E-state index contributed by atoms with van der Waals surface area (Å²) in [7, 11) is 0. The maximum atomic E-state index is 5.37. The van der Waals surface area contributed by atoms with Crippen LogP contribution in [0, 0.1) is 0 Å². The second kappa shape index (κ2) is 7.78. The maximum Gasteiger partial charge on any atom is 0.0594 e. The number of hydrogen-bond donors (Lipinski definition) is 2. The fraction of sp³-hybridized carbons (Fsp3) is 0.647. The third-order valence-electron chi connectivity index (χ3n) is 4.41. The minimum absolute atomic E-state index is 0.898. The molecule has 21 heavy (non-hydrogen) atoms. The molecule has 4 nitrogen and oxygen atoms in total. The van der Waals surface area contributed by atoms with Crippen molar-refractivity contribution in [3.8, 4) is 0 Å². The van der Waals surface area contributed by atoms with Crippen molar-refractivity contribution in [2.75, 3.05) is 51.3 Å². The molecule has 1 aromatic rings. The number of hydrogen-bond acceptors (Lipinski definition) is 4. The van der Waals surface area contributed by atoms with Crippen molar-refractivity contribution in [2.45, 2.75) is 25.8 Å². The van der Waals surface area contributed by atoms with Crippen LogP contribution in [-0.2, 0) is 17.7 Å². The van der Waals surface area contributed by atoms with Crippen molar-refractivity contribution < 1.29 is 4.74 Å². The minimum Gasteiger partial charge on any atom is -0.385 e. The molecule has 1 fully saturated rings. The van der Waals surface area contributed by atoms with E-state index in [4.69, 9.17) is 4.74 Å². The van der Waals surface area contributed by atoms with Crippen LogP contribution in [0.25, 0.3) is 0 Å². The summed E-state index contributed by atoms with van der Waals surface area (Å²) in [6.45, 7) is 8.33. The van der Waals surface area contributed by atoms with Crippen molar-refractivity contribution in [1.29, 1.82) is 0 Å². The van der Waals surface area contributed by atoms with Crippen molar-refractivity contribution in [3.05, 3.63) is 29.3 Å². The van der Waals surface area contributed by atoms with Crippen LogP contribution in [0.4, 0.5) is 5.69 Å². The second-order valence-corrected chi connectivity index (χ2v) is 5.97. The van der Waals surface area contributed by atoms with Gasteiger partial charge in [0, 0.05) is 31.9 Å². The highest BCUT2D eigenvalue weighted by atomic mass is 16.5. The van der Waals surface area contributed by atoms with E-state index in [1.165, 1.54) is 42.6 Å². The molecule has 2 N–H and O–H groups in total. The molecule has 0 amide bonds. The number of nitrogens with one attached hydrogen (secondary N) is 2. The molecule has 2 heterocycles. The molecule has 0 radical (unpaired) electrons. The fourth-order valence-corrected chi connectivity index (χ4v) is 3.20. The predicted molar refractivity (Wildman–Crippen MR) is 86.8 cm³/mol. The Hall–Kier alpha value is -1.10. The first-order valence-corrected chi connectivity index (χ1v) is 8.29. The van der Waals surface area contributed by atoms with Gasteiger partial charge < -0.3 is 15.4 Å². The topological polar surface area (TPSA) is 36.5 Å². The molecule has 3 rings (SSSR count). The van der Waals surface area contributed by atoms with E-state index < -0.39 is 0 Å². The average molecular weight is 289 g/mol. The smallest absolute Gasteiger partial charge is 0.0594 e. The summed E-state index contributed by atoms with van der Waals surface area (Å²) in [4.78, 5) is 2.50. The summed E-state index contributed by atoms with van der Waals surface area (Å²) < 4.78 is 5.37. The van der Waals surface area contributed by atoms with Crippen LogP contribution in [0.3, 0.4) is 0 Å². The molecule has 1 aromatic carbocycles. The molecule has 2 aliphatic rings. The third kappa shape index (κ3) is 4.19. The normalized spacial score (nSPS) is 19.0. The number of para-hydroxylation sites is 1. The zero-order valence-corrected chi connectivity index (χ0v) is 12.9. The Bertz CT molecular complexity index is 444. The first-order valence-electron chi connectivity index (χ1n) is 8.29. The molecule has 1 saturated heterocycles. The van der Waals surface area contributed by atoms with Crippen LogP contribution in [0.5, 0.6) is 0 Å². The Labute approximate surface area is 127 Å². The molecule has 0 atom stereocenters. The zero-order valence-electron chi connectivity index (χ0n) is 12.9. The molecule has 4 heteroatoms. The van der Waals surface area contributed by atoms with Crippen molar-refractivity contribution in [2.24, 2.45) is 0 Å². The molecular weight excluding hydrogens is 262 g/mol. The Kier molecular flexibility index (Phi) is 5.49. The highest BCUT2D eigenvalue weighted by molar-refractivity contribution is 5.59. The number of benzene rings is 1. The van der Waals surface area contributed by atoms with Crippen LogP contribution in [-0.4, -0.2) is 50.8 Å². The second-order valence-electron chi connectivity index (χ2n) is 5.97. The first kappa shape index (κ1) is 14.8. The van der Waals surface area contributed by atoms with Gasteiger partial charge in [-0.2, -0.15) is 0 Å². The third-order valence-corrected chi connectivity index (χ3v) is 4.41. The van der Waals surface area contributed by atoms with E-state index in [9.17, 15) is 0 Å². The van der Waals surface area contributed by atoms with Gasteiger partial charge in [-0.1, -0.05) is 18.2 Å². The van der Waals surface area contributed by atoms with E-state index >= 15 is 0 Å². The van der Waals surface area contributed by atoms with Gasteiger partial charge in [0.1, 0.15) is 0 Å². The van der Waals surface area contributed by atoms with Gasteiger partial charge in [0.25, 0.3) is 0 Å². The Morgan fingerprint density at radius 1 is 1.24 bits per heavy atom. The molecule has 0 unspecified atom stereocenters. The summed E-state index contributed by atoms with van der Waals surface area (Å²) in [5, 5.41) is 7.16. The summed E-state index contributed by atoms with van der Waals surface area (Å²) in [5.41, 5.74) is 4.27. The van der Waals surface area contributed by atoms with Crippen LogP contribution >= 0.6 is 0 Å². The van der Waals surface area contributed by atoms with Crippen molar-refractivity contribution in [1.82, 2.24) is 10.2 Å². The van der Waals surface area contributed by atoms with Gasteiger partial charge in [-0.15, -0.1) is 0 Å². The van der Waals surface area contributed by atoms with Gasteiger partial charge in [0.15, 0.2) is 0 Å². The monoisotopic (exact) mass is 289 g/mol. The van der Waals surface area contributed by atoms with Crippen LogP contribution < -0.4 is 10.6 Å². The maximum absolute atomic E-state index is 5.37. The Balaban J connectivity index is 1.39. The molecule has 2 aliphatic heterocycles. The summed E-state index contributed by atoms with van der Waals surface area (Å²) in [5.74, 6) is 0. The minimum atomic E-state index is 0.898. The molecule has 0 spiro atoms. The predicted octanol–water partition coefficient (Wildman–Crippen LogP) is 1.86. The van der Waals surface area contributed by atoms with Gasteiger partial charge in [0.05, 0.1) is 13.2 Å². The highest BCUT2D eigenvalue weighted by Crippen LogP contribution is 2.25. The van der Waals surface area contributed by atoms with Gasteiger partial charge >= 0.3 is 0 Å². The molecule has 0 bridgehead atoms. The standard InChI is InChI=1S/C17H27N3O/c1-4-15-6-2-8-19-17(15)16(5-1)14-18-7-3-9-20-10-12-21-13-11-20/h1,4-5,18-19H,2-3,6-14H2. The van der Waals surface area contributed by atoms with Crippen LogP contribution in [0.2, 0.25) is 0 Å². The van der Waals surface area contributed by atoms with E-state index in [0.29, 0.717) is 0 Å². The number of morpholine rings is 1. The SMILES string of the molecule is c1cc2c(c(CNCCCN3CCOCC3)c1)NCCC2. The number of aryl methyl sites for hydroxylation is 1. The molecule has 0 aliphatic carbocycles. The molecule has 116 valence electrons. The lowest BCUT2D eigenvalue weighted by Crippen LogP contribution is -2.37. The lowest BCUT2D eigenvalue weighted by atomic mass is 9.99. The van der Waals surface area contributed by atoms with E-state index in [0.717, 1.165) is 45.9 Å². The number of rotatable bonds is 6. The quantitative estimate of drug-likeness (QED) is 0.784. The molecular formula is C17H27N3O. The van der Waals surface area contributed by atoms with Crippen molar-refractivity contribution in [3.63, 3.8) is 0 Å². The van der Waals surface area contributed by atoms with Crippen LogP contribution in [0.15, 0.2) is 18.2 Å². The number of fused-ring (bicyclic) bond motifs is 1. The van der Waals surface area contributed by atoms with E-state index in [2.05, 4.69) is 33.7 Å². The summed E-state index contributed by atoms with van der Waals surface area (Å²) in [6.07, 6.45) is 3.68. The summed E-state index contributed by atoms with van der Waals surface area (Å²) >= 11 is 0. The van der Waals surface area contributed by atoms with Gasteiger partial charge in [-0.25, -0.2) is 0 Å². The van der Waals surface area contributed by atoms with Crippen molar-refractivity contribution >= 4 is 5.69 Å². The highest BCUT2D eigenvalue weighted by Gasteiger charge is 2.12. The summed E-state index contributed by atoms with van der Waals surface area (Å²) in [6, 6.07) is 6.69. The lowest BCUT2D eigenvalue weighted by Gasteiger charge is -2.26. The molecule has 0 aromatic heterocycles. The fourth-order valence-electron chi connectivity index (χ4n) is 3.20. The Morgan fingerprint density at radius 3 is 3.05 bits per heavy atom. The van der Waals surface area contributed by atoms with Gasteiger partial charge in [-0.05, 0) is 43.5 Å². The van der Waals surface area contributed by atoms with E-state index in [1.807, 2.05) is 0 Å². The Morgan fingerprint density at radius 2 is 2.14 bits per heavy atom. The van der Waals surface area contributed by atoms with Crippen LogP contribution in [0.1, 0.15) is 24.0 Å². The largest absolute Gasteiger partial charge is 0.385 e. The van der Waals surface area contributed by atoms with Gasteiger partial charge in [-0.3, -0.25) is 4.90 Å². The average Bonchev–Trinajstić information content (AvgIpc) is 2.56.